The van der Waals surface area contributed by atoms with Gasteiger partial charge in [-0.2, -0.15) is 5.10 Å². The van der Waals surface area contributed by atoms with Gasteiger partial charge in [0.15, 0.2) is 5.82 Å². The van der Waals surface area contributed by atoms with Crippen molar-refractivity contribution >= 4 is 16.9 Å². The van der Waals surface area contributed by atoms with Gasteiger partial charge in [0, 0.05) is 30.8 Å². The molecule has 0 bridgehead atoms. The Balaban J connectivity index is 1.31. The van der Waals surface area contributed by atoms with Crippen LogP contribution in [0.25, 0.3) is 22.4 Å². The number of hydrogen-bond acceptors (Lipinski definition) is 5. The number of pyridine rings is 1. The maximum Gasteiger partial charge on any atom is 0.220 e. The highest BCUT2D eigenvalue weighted by molar-refractivity contribution is 5.78. The third-order valence-corrected chi connectivity index (χ3v) is 4.66. The molecule has 0 saturated heterocycles. The molecule has 0 fully saturated rings. The van der Waals surface area contributed by atoms with E-state index in [4.69, 9.17) is 0 Å². The molecule has 3 N–H and O–H groups in total. The van der Waals surface area contributed by atoms with E-state index in [0.29, 0.717) is 31.0 Å². The van der Waals surface area contributed by atoms with Gasteiger partial charge in [-0.3, -0.25) is 14.9 Å². The summed E-state index contributed by atoms with van der Waals surface area (Å²) in [5.74, 6) is 1.94. The van der Waals surface area contributed by atoms with Gasteiger partial charge in [0.05, 0.1) is 17.6 Å². The van der Waals surface area contributed by atoms with Crippen molar-refractivity contribution in [1.29, 1.82) is 0 Å². The van der Waals surface area contributed by atoms with Crippen molar-refractivity contribution in [2.45, 2.75) is 33.2 Å². The van der Waals surface area contributed by atoms with Crippen LogP contribution in [0.3, 0.4) is 0 Å². The predicted molar refractivity (Wildman–Crippen MR) is 105 cm³/mol. The number of H-pyrrole nitrogens is 2. The number of aryl methyl sites for hydroxylation is 3. The lowest BCUT2D eigenvalue weighted by atomic mass is 10.1. The first-order valence-corrected chi connectivity index (χ1v) is 9.13. The van der Waals surface area contributed by atoms with Gasteiger partial charge in [-0.15, -0.1) is 0 Å². The Hall–Kier alpha value is -3.55. The van der Waals surface area contributed by atoms with Crippen LogP contribution in [0.5, 0.6) is 0 Å². The zero-order chi connectivity index (χ0) is 19.5. The fourth-order valence-electron chi connectivity index (χ4n) is 2.95. The van der Waals surface area contributed by atoms with E-state index in [1.807, 2.05) is 12.1 Å². The van der Waals surface area contributed by atoms with Crippen LogP contribution in [0.4, 0.5) is 0 Å². The molecule has 0 spiro atoms. The molecule has 142 valence electrons. The van der Waals surface area contributed by atoms with Crippen molar-refractivity contribution in [2.24, 2.45) is 0 Å². The summed E-state index contributed by atoms with van der Waals surface area (Å²) in [6.45, 7) is 4.45. The molecular formula is C20H21N7O. The third-order valence-electron chi connectivity index (χ3n) is 4.66. The summed E-state index contributed by atoms with van der Waals surface area (Å²) < 4.78 is 0. The van der Waals surface area contributed by atoms with Crippen LogP contribution >= 0.6 is 0 Å². The molecule has 3 heterocycles. The number of carbonyl (C=O) groups is 1. The molecule has 8 nitrogen and oxygen atoms in total. The van der Waals surface area contributed by atoms with Crippen LogP contribution in [0.2, 0.25) is 0 Å². The SMILES string of the molecule is Cc1cc2nc(CCC(=O)NCc3nc(-c4ccncc4)n[nH]3)[nH]c2cc1C. The lowest BCUT2D eigenvalue weighted by Crippen LogP contribution is -2.23. The Kier molecular flexibility index (Phi) is 4.84. The van der Waals surface area contributed by atoms with E-state index in [1.54, 1.807) is 12.4 Å². The highest BCUT2D eigenvalue weighted by Gasteiger charge is 2.10. The van der Waals surface area contributed by atoms with Crippen LogP contribution in [0, 0.1) is 13.8 Å². The van der Waals surface area contributed by atoms with Crippen molar-refractivity contribution in [3.63, 3.8) is 0 Å². The molecule has 4 aromatic rings. The maximum absolute atomic E-state index is 12.2. The Morgan fingerprint density at radius 3 is 2.68 bits per heavy atom. The molecule has 0 saturated carbocycles. The maximum atomic E-state index is 12.2. The largest absolute Gasteiger partial charge is 0.349 e. The number of aromatic nitrogens is 6. The van der Waals surface area contributed by atoms with Crippen molar-refractivity contribution in [1.82, 2.24) is 35.5 Å². The fraction of sp³-hybridized carbons (Fsp3) is 0.250. The average molecular weight is 375 g/mol. The molecule has 3 aromatic heterocycles. The minimum atomic E-state index is -0.0605. The van der Waals surface area contributed by atoms with Gasteiger partial charge < -0.3 is 10.3 Å². The van der Waals surface area contributed by atoms with Gasteiger partial charge in [0.25, 0.3) is 0 Å². The molecular weight excluding hydrogens is 354 g/mol. The monoisotopic (exact) mass is 375 g/mol. The third kappa shape index (κ3) is 3.90. The van der Waals surface area contributed by atoms with E-state index >= 15 is 0 Å². The smallest absolute Gasteiger partial charge is 0.220 e. The normalized spacial score (nSPS) is 11.1. The van der Waals surface area contributed by atoms with E-state index in [9.17, 15) is 4.79 Å². The number of nitrogens with zero attached hydrogens (tertiary/aromatic N) is 4. The standard InChI is InChI=1S/C20H21N7O/c1-12-9-15-16(10-13(12)2)24-17(23-15)3-4-19(28)22-11-18-25-20(27-26-18)14-5-7-21-8-6-14/h5-10H,3-4,11H2,1-2H3,(H,22,28)(H,23,24)(H,25,26,27). The first-order chi connectivity index (χ1) is 13.6. The lowest BCUT2D eigenvalue weighted by molar-refractivity contribution is -0.121. The van der Waals surface area contributed by atoms with Gasteiger partial charge in [0.1, 0.15) is 11.6 Å². The van der Waals surface area contributed by atoms with Crippen LogP contribution in [0.1, 0.15) is 29.2 Å². The van der Waals surface area contributed by atoms with Crippen LogP contribution < -0.4 is 5.32 Å². The van der Waals surface area contributed by atoms with Crippen LogP contribution in [0.15, 0.2) is 36.7 Å². The van der Waals surface area contributed by atoms with Gasteiger partial charge in [-0.25, -0.2) is 9.97 Å². The van der Waals surface area contributed by atoms with Crippen LogP contribution in [-0.4, -0.2) is 36.0 Å². The molecule has 0 unspecified atom stereocenters. The highest BCUT2D eigenvalue weighted by atomic mass is 16.1. The zero-order valence-corrected chi connectivity index (χ0v) is 15.8. The van der Waals surface area contributed by atoms with E-state index in [-0.39, 0.29) is 5.91 Å². The van der Waals surface area contributed by atoms with Crippen molar-refractivity contribution < 1.29 is 4.79 Å². The summed E-state index contributed by atoms with van der Waals surface area (Å²) in [6.07, 6.45) is 4.28. The first-order valence-electron chi connectivity index (χ1n) is 9.13. The Bertz CT molecular complexity index is 1080. The minimum Gasteiger partial charge on any atom is -0.349 e. The number of nitrogens with one attached hydrogen (secondary N) is 3. The number of carbonyl (C=O) groups excluding carboxylic acids is 1. The lowest BCUT2D eigenvalue weighted by Gasteiger charge is -2.01. The molecule has 0 aliphatic rings. The van der Waals surface area contributed by atoms with Crippen molar-refractivity contribution in [2.75, 3.05) is 0 Å². The number of aromatic amines is 2. The minimum absolute atomic E-state index is 0.0605. The number of hydrogen-bond donors (Lipinski definition) is 3. The number of amides is 1. The average Bonchev–Trinajstić information content (AvgIpc) is 3.32. The Morgan fingerprint density at radius 1 is 1.07 bits per heavy atom. The quantitative estimate of drug-likeness (QED) is 0.479. The van der Waals surface area contributed by atoms with Gasteiger partial charge in [0.2, 0.25) is 5.91 Å². The molecule has 0 atom stereocenters. The highest BCUT2D eigenvalue weighted by Crippen LogP contribution is 2.18. The Morgan fingerprint density at radius 2 is 1.86 bits per heavy atom. The fourth-order valence-corrected chi connectivity index (χ4v) is 2.95. The number of rotatable bonds is 6. The summed E-state index contributed by atoms with van der Waals surface area (Å²) in [4.78, 5) is 28.4. The van der Waals surface area contributed by atoms with Crippen molar-refractivity contribution in [3.05, 3.63) is 59.4 Å². The second-order valence-electron chi connectivity index (χ2n) is 6.76. The number of fused-ring (bicyclic) bond motifs is 1. The summed E-state index contributed by atoms with van der Waals surface area (Å²) in [6, 6.07) is 7.82. The van der Waals surface area contributed by atoms with Gasteiger partial charge in [-0.05, 0) is 49.2 Å². The predicted octanol–water partition coefficient (Wildman–Crippen LogP) is 2.61. The van der Waals surface area contributed by atoms with E-state index < -0.39 is 0 Å². The first kappa shape index (κ1) is 17.8. The molecule has 0 radical (unpaired) electrons. The summed E-state index contributed by atoms with van der Waals surface area (Å²) in [5, 5.41) is 9.87. The Labute approximate surface area is 161 Å². The summed E-state index contributed by atoms with van der Waals surface area (Å²) >= 11 is 0. The van der Waals surface area contributed by atoms with Gasteiger partial charge in [-0.1, -0.05) is 0 Å². The molecule has 0 aliphatic carbocycles. The molecule has 1 amide bonds. The molecule has 8 heteroatoms. The number of imidazole rings is 1. The molecule has 0 aliphatic heterocycles. The molecule has 4 rings (SSSR count). The van der Waals surface area contributed by atoms with Gasteiger partial charge >= 0.3 is 0 Å². The van der Waals surface area contributed by atoms with E-state index in [1.165, 1.54) is 11.1 Å². The molecule has 28 heavy (non-hydrogen) atoms. The second kappa shape index (κ2) is 7.59. The van der Waals surface area contributed by atoms with Crippen LogP contribution in [-0.2, 0) is 17.8 Å². The summed E-state index contributed by atoms with van der Waals surface area (Å²) in [5.41, 5.74) is 5.24. The van der Waals surface area contributed by atoms with Crippen molar-refractivity contribution in [3.8, 4) is 11.4 Å². The van der Waals surface area contributed by atoms with E-state index in [0.717, 1.165) is 22.4 Å². The summed E-state index contributed by atoms with van der Waals surface area (Å²) in [7, 11) is 0. The topological polar surface area (TPSA) is 112 Å². The number of benzene rings is 1. The van der Waals surface area contributed by atoms with E-state index in [2.05, 4.69) is 61.4 Å². The zero-order valence-electron chi connectivity index (χ0n) is 15.8. The second-order valence-corrected chi connectivity index (χ2v) is 6.76. The molecule has 1 aromatic carbocycles.